The summed E-state index contributed by atoms with van der Waals surface area (Å²) in [5, 5.41) is 3.30. The number of ether oxygens (including phenoxy) is 4. The number of nitrogens with zero attached hydrogens (tertiary/aromatic N) is 2. The summed E-state index contributed by atoms with van der Waals surface area (Å²) >= 11 is 1.23. The van der Waals surface area contributed by atoms with Gasteiger partial charge in [0.15, 0.2) is 17.2 Å². The zero-order chi connectivity index (χ0) is 22.6. The maximum atomic E-state index is 12.9. The van der Waals surface area contributed by atoms with E-state index >= 15 is 0 Å². The van der Waals surface area contributed by atoms with Crippen LogP contribution in [-0.2, 0) is 0 Å². The highest BCUT2D eigenvalue weighted by Crippen LogP contribution is 2.46. The lowest BCUT2D eigenvalue weighted by Crippen LogP contribution is -2.18. The van der Waals surface area contributed by atoms with Crippen molar-refractivity contribution in [2.75, 3.05) is 33.7 Å². The van der Waals surface area contributed by atoms with Gasteiger partial charge in [0.25, 0.3) is 0 Å². The van der Waals surface area contributed by atoms with Gasteiger partial charge in [-0.3, -0.25) is 4.72 Å². The third-order valence-corrected chi connectivity index (χ3v) is 4.77. The largest absolute Gasteiger partial charge is 0.573 e. The summed E-state index contributed by atoms with van der Waals surface area (Å²) < 4.78 is 62.0. The first-order valence-electron chi connectivity index (χ1n) is 8.75. The molecule has 1 aromatic heterocycles. The first-order chi connectivity index (χ1) is 14.8. The average Bonchev–Trinajstić information content (AvgIpc) is 2.73. The van der Waals surface area contributed by atoms with E-state index in [0.29, 0.717) is 27.3 Å². The lowest BCUT2D eigenvalue weighted by Gasteiger charge is -2.18. The molecule has 2 N–H and O–H groups in total. The van der Waals surface area contributed by atoms with Gasteiger partial charge in [-0.05, 0) is 37.2 Å². The molecule has 0 bridgehead atoms. The molecule has 31 heavy (non-hydrogen) atoms. The predicted octanol–water partition coefficient (Wildman–Crippen LogP) is 4.52. The summed E-state index contributed by atoms with van der Waals surface area (Å²) in [4.78, 5) is 9.07. The van der Waals surface area contributed by atoms with Crippen molar-refractivity contribution in [3.8, 4) is 23.0 Å². The predicted molar refractivity (Wildman–Crippen MR) is 111 cm³/mol. The Morgan fingerprint density at radius 1 is 0.935 bits per heavy atom. The van der Waals surface area contributed by atoms with E-state index in [-0.39, 0.29) is 17.3 Å². The number of anilines is 2. The number of hydrogen-bond acceptors (Lipinski definition) is 9. The molecular formula is C19H19F3N4O4S. The van der Waals surface area contributed by atoms with E-state index in [0.717, 1.165) is 0 Å². The number of methoxy groups -OCH3 is 3. The van der Waals surface area contributed by atoms with Crippen LogP contribution in [-0.4, -0.2) is 44.7 Å². The summed E-state index contributed by atoms with van der Waals surface area (Å²) in [7, 11) is 6.03. The number of halogens is 3. The van der Waals surface area contributed by atoms with Crippen LogP contribution in [0.5, 0.6) is 23.0 Å². The molecule has 0 amide bonds. The van der Waals surface area contributed by atoms with Gasteiger partial charge < -0.3 is 24.3 Å². The molecule has 0 saturated heterocycles. The standard InChI is InChI=1S/C19H19F3N4O4S/c1-23-31-10-5-6-13(30-19(20,21)22)11(7-10)26-18-15-12(24-9-25-18)8-14(27-2)16(28-3)17(15)29-4/h5-9,23H,1-4H3,(H,24,25,26). The minimum atomic E-state index is -4.86. The Balaban J connectivity index is 2.18. The molecule has 3 rings (SSSR count). The molecule has 0 aliphatic rings. The van der Waals surface area contributed by atoms with Crippen LogP contribution < -0.4 is 29.0 Å². The topological polar surface area (TPSA) is 86.8 Å². The molecule has 0 saturated carbocycles. The van der Waals surface area contributed by atoms with Crippen LogP contribution in [0.3, 0.4) is 0 Å². The van der Waals surface area contributed by atoms with Gasteiger partial charge in [-0.25, -0.2) is 9.97 Å². The smallest absolute Gasteiger partial charge is 0.493 e. The quantitative estimate of drug-likeness (QED) is 0.475. The van der Waals surface area contributed by atoms with Crippen molar-refractivity contribution in [3.63, 3.8) is 0 Å². The van der Waals surface area contributed by atoms with Gasteiger partial charge in [0.1, 0.15) is 12.1 Å². The number of benzene rings is 2. The summed E-state index contributed by atoms with van der Waals surface area (Å²) in [5.74, 6) is 0.714. The first-order valence-corrected chi connectivity index (χ1v) is 9.57. The average molecular weight is 456 g/mol. The van der Waals surface area contributed by atoms with Crippen LogP contribution in [0.2, 0.25) is 0 Å². The van der Waals surface area contributed by atoms with E-state index in [1.54, 1.807) is 13.1 Å². The monoisotopic (exact) mass is 456 g/mol. The Morgan fingerprint density at radius 3 is 2.29 bits per heavy atom. The Morgan fingerprint density at radius 2 is 1.68 bits per heavy atom. The van der Waals surface area contributed by atoms with Crippen LogP contribution in [0.25, 0.3) is 10.9 Å². The molecule has 0 atom stereocenters. The number of hydrogen-bond donors (Lipinski definition) is 2. The minimum absolute atomic E-state index is 0.0504. The molecule has 0 fully saturated rings. The number of nitrogens with one attached hydrogen (secondary N) is 2. The van der Waals surface area contributed by atoms with Gasteiger partial charge in [-0.1, -0.05) is 0 Å². The highest BCUT2D eigenvalue weighted by Gasteiger charge is 2.32. The fraction of sp³-hybridized carbons (Fsp3) is 0.263. The second-order valence-corrected chi connectivity index (χ2v) is 6.98. The maximum Gasteiger partial charge on any atom is 0.573 e. The fourth-order valence-electron chi connectivity index (χ4n) is 2.91. The summed E-state index contributed by atoms with van der Waals surface area (Å²) in [6.07, 6.45) is -3.59. The van der Waals surface area contributed by atoms with Crippen molar-refractivity contribution in [1.29, 1.82) is 0 Å². The molecule has 0 spiro atoms. The zero-order valence-corrected chi connectivity index (χ0v) is 17.8. The maximum absolute atomic E-state index is 12.9. The molecule has 166 valence electrons. The van der Waals surface area contributed by atoms with E-state index in [9.17, 15) is 13.2 Å². The van der Waals surface area contributed by atoms with Gasteiger partial charge in [-0.15, -0.1) is 13.2 Å². The third-order valence-electron chi connectivity index (χ3n) is 4.08. The fourth-order valence-corrected chi connectivity index (χ4v) is 3.46. The lowest BCUT2D eigenvalue weighted by atomic mass is 10.1. The Hall–Kier alpha value is -3.12. The second-order valence-electron chi connectivity index (χ2n) is 5.90. The van der Waals surface area contributed by atoms with E-state index in [1.165, 1.54) is 57.8 Å². The molecule has 0 unspecified atom stereocenters. The number of rotatable bonds is 8. The van der Waals surface area contributed by atoms with Gasteiger partial charge >= 0.3 is 6.36 Å². The minimum Gasteiger partial charge on any atom is -0.493 e. The molecule has 0 aliphatic carbocycles. The van der Waals surface area contributed by atoms with E-state index < -0.39 is 12.1 Å². The molecule has 12 heteroatoms. The summed E-state index contributed by atoms with van der Waals surface area (Å²) in [6.45, 7) is 0. The van der Waals surface area contributed by atoms with Crippen molar-refractivity contribution in [3.05, 3.63) is 30.6 Å². The summed E-state index contributed by atoms with van der Waals surface area (Å²) in [5.41, 5.74) is 0.487. The first kappa shape index (κ1) is 22.6. The second kappa shape index (κ2) is 9.35. The zero-order valence-electron chi connectivity index (χ0n) is 17.0. The van der Waals surface area contributed by atoms with Crippen molar-refractivity contribution in [2.45, 2.75) is 11.3 Å². The highest BCUT2D eigenvalue weighted by atomic mass is 32.2. The van der Waals surface area contributed by atoms with E-state index in [1.807, 2.05) is 0 Å². The lowest BCUT2D eigenvalue weighted by molar-refractivity contribution is -0.274. The van der Waals surface area contributed by atoms with Gasteiger partial charge in [0.2, 0.25) is 5.75 Å². The van der Waals surface area contributed by atoms with Crippen molar-refractivity contribution >= 4 is 34.4 Å². The third kappa shape index (κ3) is 4.97. The Kier molecular flexibility index (Phi) is 6.81. The molecule has 3 aromatic rings. The Bertz CT molecular complexity index is 1080. The van der Waals surface area contributed by atoms with Gasteiger partial charge in [0, 0.05) is 11.0 Å². The molecule has 2 aromatic carbocycles. The number of alkyl halides is 3. The van der Waals surface area contributed by atoms with Gasteiger partial charge in [0.05, 0.1) is 37.9 Å². The van der Waals surface area contributed by atoms with E-state index in [4.69, 9.17) is 14.2 Å². The van der Waals surface area contributed by atoms with Crippen molar-refractivity contribution in [2.24, 2.45) is 0 Å². The molecule has 8 nitrogen and oxygen atoms in total. The molecular weight excluding hydrogens is 437 g/mol. The number of fused-ring (bicyclic) bond motifs is 1. The SMILES string of the molecule is CNSc1ccc(OC(F)(F)F)c(Nc2ncnc3cc(OC)c(OC)c(OC)c23)c1. The van der Waals surface area contributed by atoms with Gasteiger partial charge in [-0.2, -0.15) is 0 Å². The van der Waals surface area contributed by atoms with Crippen LogP contribution in [0, 0.1) is 0 Å². The van der Waals surface area contributed by atoms with Crippen molar-refractivity contribution < 1.29 is 32.1 Å². The van der Waals surface area contributed by atoms with Crippen molar-refractivity contribution in [1.82, 2.24) is 14.7 Å². The molecule has 1 heterocycles. The molecule has 0 aliphatic heterocycles. The van der Waals surface area contributed by atoms with E-state index in [2.05, 4.69) is 24.7 Å². The highest BCUT2D eigenvalue weighted by molar-refractivity contribution is 7.97. The number of aromatic nitrogens is 2. The van der Waals surface area contributed by atoms with Crippen LogP contribution in [0.1, 0.15) is 0 Å². The Labute approximate surface area is 180 Å². The normalized spacial score (nSPS) is 11.3. The van der Waals surface area contributed by atoms with Crippen LogP contribution >= 0.6 is 11.9 Å². The molecule has 0 radical (unpaired) electrons. The van der Waals surface area contributed by atoms with Crippen LogP contribution in [0.15, 0.2) is 35.5 Å². The van der Waals surface area contributed by atoms with Crippen LogP contribution in [0.4, 0.5) is 24.7 Å². The summed E-state index contributed by atoms with van der Waals surface area (Å²) in [6, 6.07) is 5.84.